The summed E-state index contributed by atoms with van der Waals surface area (Å²) >= 11 is 1.31. The zero-order valence-electron chi connectivity index (χ0n) is 10.6. The molecule has 20 heavy (non-hydrogen) atoms. The molecule has 0 radical (unpaired) electrons. The van der Waals surface area contributed by atoms with Crippen molar-refractivity contribution in [1.82, 2.24) is 20.4 Å². The molecule has 7 nitrogen and oxygen atoms in total. The maximum absolute atomic E-state index is 12.1. The second-order valence-corrected chi connectivity index (χ2v) is 5.18. The summed E-state index contributed by atoms with van der Waals surface area (Å²) in [6.45, 7) is 1.89. The number of aromatic nitrogens is 3. The van der Waals surface area contributed by atoms with Crippen LogP contribution >= 0.6 is 11.3 Å². The van der Waals surface area contributed by atoms with Gasteiger partial charge in [0.05, 0.1) is 16.9 Å². The lowest BCUT2D eigenvalue weighted by Gasteiger charge is -2.00. The van der Waals surface area contributed by atoms with Gasteiger partial charge in [-0.05, 0) is 6.07 Å². The monoisotopic (exact) mass is 289 g/mol. The van der Waals surface area contributed by atoms with Crippen LogP contribution in [0.15, 0.2) is 23.0 Å². The molecule has 0 aliphatic heterocycles. The maximum Gasteiger partial charge on any atom is 0.263 e. The topological polar surface area (TPSA) is 107 Å². The zero-order chi connectivity index (χ0) is 14.1. The lowest BCUT2D eigenvalue weighted by Crippen LogP contribution is -2.23. The molecule has 0 spiro atoms. The number of hydrogen-bond acceptors (Lipinski definition) is 7. The fourth-order valence-electron chi connectivity index (χ4n) is 1.79. The molecule has 0 fully saturated rings. The van der Waals surface area contributed by atoms with E-state index in [1.165, 1.54) is 11.3 Å². The second-order valence-electron chi connectivity index (χ2n) is 4.13. The number of carbonyl (C=O) groups is 1. The molecule has 0 saturated carbocycles. The fourth-order valence-corrected chi connectivity index (χ4v) is 2.80. The van der Waals surface area contributed by atoms with Gasteiger partial charge in [0.25, 0.3) is 5.91 Å². The smallest absolute Gasteiger partial charge is 0.263 e. The minimum Gasteiger partial charge on any atom is -0.397 e. The number of fused-ring (bicyclic) bond motifs is 1. The van der Waals surface area contributed by atoms with Crippen molar-refractivity contribution in [2.45, 2.75) is 13.5 Å². The summed E-state index contributed by atoms with van der Waals surface area (Å²) in [5, 5.41) is 7.26. The van der Waals surface area contributed by atoms with E-state index in [1.54, 1.807) is 25.4 Å². The van der Waals surface area contributed by atoms with Crippen molar-refractivity contribution in [2.75, 3.05) is 5.73 Å². The third-order valence-electron chi connectivity index (χ3n) is 2.71. The van der Waals surface area contributed by atoms with Crippen molar-refractivity contribution < 1.29 is 9.32 Å². The second kappa shape index (κ2) is 4.89. The molecule has 0 aromatic carbocycles. The lowest BCUT2D eigenvalue weighted by atomic mass is 10.2. The van der Waals surface area contributed by atoms with Crippen LogP contribution in [0.1, 0.15) is 21.4 Å². The van der Waals surface area contributed by atoms with Crippen molar-refractivity contribution in [1.29, 1.82) is 0 Å². The van der Waals surface area contributed by atoms with Crippen LogP contribution in [0.25, 0.3) is 10.1 Å². The Morgan fingerprint density at radius 2 is 2.40 bits per heavy atom. The number of nitrogens with one attached hydrogen (secondary N) is 1. The summed E-state index contributed by atoms with van der Waals surface area (Å²) in [5.41, 5.74) is 6.45. The molecule has 1 amide bonds. The van der Waals surface area contributed by atoms with E-state index in [0.717, 1.165) is 10.1 Å². The van der Waals surface area contributed by atoms with E-state index in [-0.39, 0.29) is 12.5 Å². The van der Waals surface area contributed by atoms with Crippen molar-refractivity contribution in [2.24, 2.45) is 0 Å². The minimum absolute atomic E-state index is 0.197. The number of hydrogen-bond donors (Lipinski definition) is 2. The number of aryl methyl sites for hydroxylation is 1. The summed E-state index contributed by atoms with van der Waals surface area (Å²) in [5.74, 6) is 0.630. The fraction of sp³-hybridized carbons (Fsp3) is 0.167. The Balaban J connectivity index is 1.80. The largest absolute Gasteiger partial charge is 0.397 e. The van der Waals surface area contributed by atoms with E-state index in [4.69, 9.17) is 10.3 Å². The van der Waals surface area contributed by atoms with E-state index in [9.17, 15) is 4.79 Å². The molecule has 102 valence electrons. The standard InChI is InChI=1S/C12H11N5O2S/c1-6-16-9(17-19-6)5-15-12(18)11-10(13)7-2-3-14-4-8(7)20-11/h2-4H,5,13H2,1H3,(H,15,18). The Kier molecular flexibility index (Phi) is 3.07. The quantitative estimate of drug-likeness (QED) is 0.756. The Morgan fingerprint density at radius 3 is 3.10 bits per heavy atom. The Bertz CT molecular complexity index is 779. The van der Waals surface area contributed by atoms with Crippen molar-refractivity contribution >= 4 is 33.0 Å². The molecule has 0 saturated heterocycles. The van der Waals surface area contributed by atoms with Gasteiger partial charge in [-0.1, -0.05) is 5.16 Å². The average molecular weight is 289 g/mol. The molecule has 3 aromatic rings. The first kappa shape index (κ1) is 12.5. The van der Waals surface area contributed by atoms with Gasteiger partial charge in [0.15, 0.2) is 5.82 Å². The van der Waals surface area contributed by atoms with Gasteiger partial charge in [0.2, 0.25) is 5.89 Å². The molecule has 3 aromatic heterocycles. The van der Waals surface area contributed by atoms with Gasteiger partial charge in [-0.3, -0.25) is 9.78 Å². The van der Waals surface area contributed by atoms with Crippen LogP contribution in [-0.2, 0) is 6.54 Å². The molecule has 0 aliphatic rings. The van der Waals surface area contributed by atoms with Crippen molar-refractivity contribution in [3.05, 3.63) is 35.1 Å². The van der Waals surface area contributed by atoms with Gasteiger partial charge < -0.3 is 15.6 Å². The summed E-state index contributed by atoms with van der Waals surface area (Å²) in [7, 11) is 0. The predicted octanol–water partition coefficient (Wildman–Crippen LogP) is 1.50. The summed E-state index contributed by atoms with van der Waals surface area (Å²) in [6.07, 6.45) is 3.34. The number of carbonyl (C=O) groups excluding carboxylic acids is 1. The molecular weight excluding hydrogens is 278 g/mol. The van der Waals surface area contributed by atoms with Gasteiger partial charge in [0, 0.05) is 24.7 Å². The highest BCUT2D eigenvalue weighted by Crippen LogP contribution is 2.32. The molecule has 0 atom stereocenters. The normalized spacial score (nSPS) is 10.8. The predicted molar refractivity (Wildman–Crippen MR) is 74.2 cm³/mol. The number of amides is 1. The van der Waals surface area contributed by atoms with Crippen LogP contribution < -0.4 is 11.1 Å². The molecular formula is C12H11N5O2S. The van der Waals surface area contributed by atoms with Gasteiger partial charge in [-0.25, -0.2) is 0 Å². The van der Waals surface area contributed by atoms with Gasteiger partial charge in [0.1, 0.15) is 4.88 Å². The number of nitrogen functional groups attached to an aromatic ring is 1. The lowest BCUT2D eigenvalue weighted by molar-refractivity contribution is 0.0954. The van der Waals surface area contributed by atoms with Crippen molar-refractivity contribution in [3.63, 3.8) is 0 Å². The number of pyridine rings is 1. The van der Waals surface area contributed by atoms with Crippen LogP contribution in [0.4, 0.5) is 5.69 Å². The van der Waals surface area contributed by atoms with Gasteiger partial charge in [-0.2, -0.15) is 4.98 Å². The van der Waals surface area contributed by atoms with Crippen LogP contribution in [0, 0.1) is 6.92 Å². The van der Waals surface area contributed by atoms with Gasteiger partial charge >= 0.3 is 0 Å². The van der Waals surface area contributed by atoms with E-state index < -0.39 is 0 Å². The highest BCUT2D eigenvalue weighted by Gasteiger charge is 2.16. The molecule has 3 heterocycles. The number of nitrogens with two attached hydrogens (primary N) is 1. The number of anilines is 1. The van der Waals surface area contributed by atoms with E-state index in [0.29, 0.717) is 22.3 Å². The van der Waals surface area contributed by atoms with Crippen LogP contribution in [0.3, 0.4) is 0 Å². The first-order valence-electron chi connectivity index (χ1n) is 5.84. The van der Waals surface area contributed by atoms with E-state index in [2.05, 4.69) is 20.4 Å². The Hall–Kier alpha value is -2.48. The van der Waals surface area contributed by atoms with Crippen molar-refractivity contribution in [3.8, 4) is 0 Å². The first-order chi connectivity index (χ1) is 9.65. The Morgan fingerprint density at radius 1 is 1.55 bits per heavy atom. The SMILES string of the molecule is Cc1nc(CNC(=O)c2sc3cnccc3c2N)no1. The zero-order valence-corrected chi connectivity index (χ0v) is 11.4. The molecule has 0 unspecified atom stereocenters. The average Bonchev–Trinajstić information content (AvgIpc) is 3.01. The molecule has 8 heteroatoms. The van der Waals surface area contributed by atoms with Crippen LogP contribution in [0.2, 0.25) is 0 Å². The van der Waals surface area contributed by atoms with Crippen LogP contribution in [-0.4, -0.2) is 21.0 Å². The van der Waals surface area contributed by atoms with E-state index in [1.807, 2.05) is 0 Å². The number of rotatable bonds is 3. The third kappa shape index (κ3) is 2.21. The highest BCUT2D eigenvalue weighted by atomic mass is 32.1. The first-order valence-corrected chi connectivity index (χ1v) is 6.66. The number of nitrogens with zero attached hydrogens (tertiary/aromatic N) is 3. The summed E-state index contributed by atoms with van der Waals surface area (Å²) in [4.78, 5) is 20.6. The van der Waals surface area contributed by atoms with Crippen LogP contribution in [0.5, 0.6) is 0 Å². The van der Waals surface area contributed by atoms with Gasteiger partial charge in [-0.15, -0.1) is 11.3 Å². The molecule has 3 N–H and O–H groups in total. The Labute approximate surface area is 117 Å². The summed E-state index contributed by atoms with van der Waals surface area (Å²) < 4.78 is 5.71. The summed E-state index contributed by atoms with van der Waals surface area (Å²) in [6, 6.07) is 1.79. The maximum atomic E-state index is 12.1. The molecule has 0 aliphatic carbocycles. The van der Waals surface area contributed by atoms with E-state index >= 15 is 0 Å². The minimum atomic E-state index is -0.258. The molecule has 0 bridgehead atoms. The third-order valence-corrected chi connectivity index (χ3v) is 3.87. The highest BCUT2D eigenvalue weighted by molar-refractivity contribution is 7.21. The number of thiophene rings is 1. The molecule has 3 rings (SSSR count).